The van der Waals surface area contributed by atoms with E-state index in [0.29, 0.717) is 0 Å². The topological polar surface area (TPSA) is 13.0 Å². The lowest BCUT2D eigenvalue weighted by molar-refractivity contribution is -0.170. The monoisotopic (exact) mass is 579 g/mol. The van der Waals surface area contributed by atoms with Crippen LogP contribution in [0, 0.1) is 35.5 Å². The Labute approximate surface area is 259 Å². The third kappa shape index (κ3) is 5.17. The lowest BCUT2D eigenvalue weighted by atomic mass is 9.45. The van der Waals surface area contributed by atoms with Gasteiger partial charge in [-0.1, -0.05) is 64.2 Å². The summed E-state index contributed by atoms with van der Waals surface area (Å²) in [6, 6.07) is 3.53. The summed E-state index contributed by atoms with van der Waals surface area (Å²) in [6.07, 6.45) is 34.6. The summed E-state index contributed by atoms with van der Waals surface area (Å²) in [7, 11) is 4.95. The molecule has 0 amide bonds. The zero-order valence-corrected chi connectivity index (χ0v) is 27.7. The summed E-state index contributed by atoms with van der Waals surface area (Å²) >= 11 is 0. The quantitative estimate of drug-likeness (QED) is 0.317. The zero-order chi connectivity index (χ0) is 28.2. The number of likely N-dealkylation sites (tertiary alicyclic amines) is 2. The van der Waals surface area contributed by atoms with Gasteiger partial charge in [-0.15, -0.1) is 0 Å². The van der Waals surface area contributed by atoms with Crippen LogP contribution in [0.5, 0.6) is 0 Å². The van der Waals surface area contributed by atoms with Gasteiger partial charge in [0, 0.05) is 24.2 Å². The molecular weight excluding hydrogens is 512 g/mol. The Morgan fingerprint density at radius 3 is 1.24 bits per heavy atom. The molecule has 4 heteroatoms. The molecule has 2 heterocycles. The summed E-state index contributed by atoms with van der Waals surface area (Å²) in [5.74, 6) is 6.14. The van der Waals surface area contributed by atoms with Crippen molar-refractivity contribution in [1.29, 1.82) is 0 Å². The molecule has 10 unspecified atom stereocenters. The van der Waals surface area contributed by atoms with Crippen molar-refractivity contribution in [3.8, 4) is 0 Å². The molecule has 10 atom stereocenters. The summed E-state index contributed by atoms with van der Waals surface area (Å²) in [6.45, 7) is 2.67. The first-order valence-electron chi connectivity index (χ1n) is 19.6. The second kappa shape index (κ2) is 12.6. The van der Waals surface area contributed by atoms with Crippen LogP contribution in [0.25, 0.3) is 0 Å². The average Bonchev–Trinajstić information content (AvgIpc) is 3.65. The van der Waals surface area contributed by atoms with Gasteiger partial charge < -0.3 is 0 Å². The molecule has 0 N–H and O–H groups in total. The third-order valence-corrected chi connectivity index (χ3v) is 15.2. The minimum Gasteiger partial charge on any atom is -0.291 e. The van der Waals surface area contributed by atoms with Gasteiger partial charge in [0.25, 0.3) is 0 Å². The summed E-state index contributed by atoms with van der Waals surface area (Å²) < 4.78 is 0. The first-order valence-corrected chi connectivity index (χ1v) is 19.6. The molecule has 0 aromatic rings. The fourth-order valence-electron chi connectivity index (χ4n) is 13.8. The molecule has 6 aliphatic carbocycles. The Morgan fingerprint density at radius 1 is 0.429 bits per heavy atom. The Bertz CT molecular complexity index is 824. The summed E-state index contributed by atoms with van der Waals surface area (Å²) in [5.41, 5.74) is 0. The molecule has 4 nitrogen and oxygen atoms in total. The van der Waals surface area contributed by atoms with Crippen molar-refractivity contribution < 1.29 is 0 Å². The molecule has 0 aromatic heterocycles. The highest BCUT2D eigenvalue weighted by Gasteiger charge is 2.60. The van der Waals surface area contributed by atoms with Crippen LogP contribution >= 0.6 is 0 Å². The summed E-state index contributed by atoms with van der Waals surface area (Å²) in [5, 5.41) is 0. The third-order valence-electron chi connectivity index (χ3n) is 15.2. The van der Waals surface area contributed by atoms with E-state index >= 15 is 0 Å². The highest BCUT2D eigenvalue weighted by atomic mass is 15.4. The number of hydrogen-bond donors (Lipinski definition) is 0. The number of rotatable bonds is 6. The molecule has 2 aliphatic heterocycles. The maximum Gasteiger partial charge on any atom is 0.0625 e. The largest absolute Gasteiger partial charge is 0.291 e. The van der Waals surface area contributed by atoms with Gasteiger partial charge in [0.1, 0.15) is 0 Å². The fraction of sp³-hybridized carbons (Fsp3) is 1.00. The van der Waals surface area contributed by atoms with Crippen LogP contribution < -0.4 is 0 Å². The zero-order valence-electron chi connectivity index (χ0n) is 27.7. The SMILES string of the molecule is CN1CCCC1N(C1CCCCC1)C1CC2CCCC3C2C2C(CCCC21)CC3N(C1CCCCC1)C1CCCN1C. The minimum absolute atomic E-state index is 0.741. The standard InChI is InChI=1S/C38H66N4/c1-39-23-11-21-35(39)41(29-15-5-3-6-16-29)33-25-27-13-10-20-32-34(26-28-14-9-19-31(33)37(28)38(27)32)42(30-17-7-4-8-18-30)36-22-12-24-40(36)2/h27-38H,3-26H2,1-2H3. The van der Waals surface area contributed by atoms with Gasteiger partial charge >= 0.3 is 0 Å². The number of nitrogens with zero attached hydrogens (tertiary/aromatic N) is 4. The number of hydrogen-bond acceptors (Lipinski definition) is 4. The Kier molecular flexibility index (Phi) is 8.75. The minimum atomic E-state index is 0.741. The molecule has 6 saturated carbocycles. The van der Waals surface area contributed by atoms with E-state index in [1.54, 1.807) is 38.5 Å². The lowest BCUT2D eigenvalue weighted by Gasteiger charge is -2.65. The first kappa shape index (κ1) is 29.3. The Hall–Kier alpha value is -0.160. The molecule has 2 saturated heterocycles. The first-order chi connectivity index (χ1) is 20.7. The van der Waals surface area contributed by atoms with Crippen molar-refractivity contribution in [2.75, 3.05) is 27.2 Å². The van der Waals surface area contributed by atoms with Gasteiger partial charge in [-0.05, 0) is 140 Å². The van der Waals surface area contributed by atoms with Gasteiger partial charge in [0.2, 0.25) is 0 Å². The van der Waals surface area contributed by atoms with E-state index in [1.807, 2.05) is 0 Å². The highest BCUT2D eigenvalue weighted by molar-refractivity contribution is 5.11. The molecule has 8 fully saturated rings. The van der Waals surface area contributed by atoms with E-state index in [4.69, 9.17) is 0 Å². The molecule has 8 aliphatic rings. The maximum atomic E-state index is 3.28. The van der Waals surface area contributed by atoms with Crippen LogP contribution in [0.1, 0.15) is 141 Å². The van der Waals surface area contributed by atoms with Crippen LogP contribution in [-0.4, -0.2) is 83.3 Å². The predicted octanol–water partition coefficient (Wildman–Crippen LogP) is 7.97. The van der Waals surface area contributed by atoms with Crippen LogP contribution in [0.2, 0.25) is 0 Å². The molecular formula is C38H66N4. The van der Waals surface area contributed by atoms with Gasteiger partial charge in [-0.25, -0.2) is 0 Å². The van der Waals surface area contributed by atoms with Crippen LogP contribution in [-0.2, 0) is 0 Å². The van der Waals surface area contributed by atoms with Gasteiger partial charge in [0.05, 0.1) is 12.3 Å². The molecule has 0 bridgehead atoms. The van der Waals surface area contributed by atoms with Gasteiger partial charge in [-0.3, -0.25) is 19.6 Å². The Morgan fingerprint density at radius 2 is 0.857 bits per heavy atom. The smallest absolute Gasteiger partial charge is 0.0625 e. The molecule has 42 heavy (non-hydrogen) atoms. The van der Waals surface area contributed by atoms with E-state index in [1.165, 1.54) is 116 Å². The second-order valence-corrected chi connectivity index (χ2v) is 17.2. The molecule has 0 radical (unpaired) electrons. The maximum absolute atomic E-state index is 3.28. The van der Waals surface area contributed by atoms with E-state index in [-0.39, 0.29) is 0 Å². The second-order valence-electron chi connectivity index (χ2n) is 17.2. The normalized spacial score (nSPS) is 46.0. The predicted molar refractivity (Wildman–Crippen MR) is 174 cm³/mol. The van der Waals surface area contributed by atoms with Crippen molar-refractivity contribution in [2.45, 2.75) is 178 Å². The van der Waals surface area contributed by atoms with Crippen molar-refractivity contribution in [2.24, 2.45) is 35.5 Å². The van der Waals surface area contributed by atoms with Crippen LogP contribution in [0.15, 0.2) is 0 Å². The fourth-order valence-corrected chi connectivity index (χ4v) is 13.8. The summed E-state index contributed by atoms with van der Waals surface area (Å²) in [4.78, 5) is 12.2. The molecule has 8 rings (SSSR count). The van der Waals surface area contributed by atoms with Crippen molar-refractivity contribution in [1.82, 2.24) is 19.6 Å². The molecule has 238 valence electrons. The van der Waals surface area contributed by atoms with Crippen molar-refractivity contribution in [3.63, 3.8) is 0 Å². The van der Waals surface area contributed by atoms with Gasteiger partial charge in [0.15, 0.2) is 0 Å². The van der Waals surface area contributed by atoms with Crippen molar-refractivity contribution >= 4 is 0 Å². The highest BCUT2D eigenvalue weighted by Crippen LogP contribution is 2.62. The van der Waals surface area contributed by atoms with Crippen LogP contribution in [0.3, 0.4) is 0 Å². The van der Waals surface area contributed by atoms with E-state index in [0.717, 1.165) is 72.0 Å². The van der Waals surface area contributed by atoms with Gasteiger partial charge in [-0.2, -0.15) is 0 Å². The van der Waals surface area contributed by atoms with E-state index in [9.17, 15) is 0 Å². The molecule has 0 spiro atoms. The van der Waals surface area contributed by atoms with Crippen LogP contribution in [0.4, 0.5) is 0 Å². The Balaban J connectivity index is 1.12. The lowest BCUT2D eigenvalue weighted by Crippen LogP contribution is -2.67. The molecule has 0 aromatic carbocycles. The van der Waals surface area contributed by atoms with E-state index < -0.39 is 0 Å². The van der Waals surface area contributed by atoms with Crippen molar-refractivity contribution in [3.05, 3.63) is 0 Å². The van der Waals surface area contributed by atoms with E-state index in [2.05, 4.69) is 33.7 Å². The average molecular weight is 579 g/mol.